The van der Waals surface area contributed by atoms with E-state index in [4.69, 9.17) is 0 Å². The van der Waals surface area contributed by atoms with Gasteiger partial charge in [0.2, 0.25) is 0 Å². The summed E-state index contributed by atoms with van der Waals surface area (Å²) >= 11 is 0. The first-order valence-electron chi connectivity index (χ1n) is 8.65. The highest BCUT2D eigenvalue weighted by Crippen LogP contribution is 2.27. The van der Waals surface area contributed by atoms with Gasteiger partial charge in [0.15, 0.2) is 0 Å². The minimum Gasteiger partial charge on any atom is -0.314 e. The number of nitrogens with one attached hydrogen (secondary N) is 1. The van der Waals surface area contributed by atoms with Crippen molar-refractivity contribution in [2.75, 3.05) is 45.8 Å². The van der Waals surface area contributed by atoms with Crippen molar-refractivity contribution in [2.24, 2.45) is 0 Å². The Morgan fingerprint density at radius 2 is 1.70 bits per heavy atom. The van der Waals surface area contributed by atoms with Crippen LogP contribution in [0.2, 0.25) is 0 Å². The summed E-state index contributed by atoms with van der Waals surface area (Å²) < 4.78 is 0. The molecule has 1 aromatic rings. The van der Waals surface area contributed by atoms with Gasteiger partial charge in [0.05, 0.1) is 4.92 Å². The van der Waals surface area contributed by atoms with Crippen molar-refractivity contribution in [1.82, 2.24) is 15.1 Å². The highest BCUT2D eigenvalue weighted by atomic mass is 16.6. The topological polar surface area (TPSA) is 61.7 Å². The zero-order chi connectivity index (χ0) is 16.1. The van der Waals surface area contributed by atoms with E-state index >= 15 is 0 Å². The minimum absolute atomic E-state index is 0.174. The zero-order valence-corrected chi connectivity index (χ0v) is 13.6. The van der Waals surface area contributed by atoms with Crippen LogP contribution in [0.3, 0.4) is 0 Å². The summed E-state index contributed by atoms with van der Waals surface area (Å²) in [7, 11) is 0. The lowest BCUT2D eigenvalue weighted by Crippen LogP contribution is -2.48. The maximum Gasteiger partial charge on any atom is 0.269 e. The highest BCUT2D eigenvalue weighted by molar-refractivity contribution is 5.34. The minimum atomic E-state index is -0.323. The molecule has 126 valence electrons. The maximum atomic E-state index is 10.9. The van der Waals surface area contributed by atoms with E-state index < -0.39 is 0 Å². The quantitative estimate of drug-likeness (QED) is 0.665. The van der Waals surface area contributed by atoms with Gasteiger partial charge >= 0.3 is 0 Å². The first-order valence-corrected chi connectivity index (χ1v) is 8.65. The summed E-state index contributed by atoms with van der Waals surface area (Å²) in [6, 6.07) is 7.52. The largest absolute Gasteiger partial charge is 0.314 e. The number of rotatable bonds is 5. The molecule has 2 aliphatic rings. The Hall–Kier alpha value is -1.50. The van der Waals surface area contributed by atoms with Crippen LogP contribution in [0.1, 0.15) is 30.9 Å². The summed E-state index contributed by atoms with van der Waals surface area (Å²) in [6.45, 7) is 7.54. The van der Waals surface area contributed by atoms with Gasteiger partial charge in [-0.15, -0.1) is 0 Å². The Kier molecular flexibility index (Phi) is 5.59. The fourth-order valence-corrected chi connectivity index (χ4v) is 3.62. The summed E-state index contributed by atoms with van der Waals surface area (Å²) in [5.41, 5.74) is 1.38. The van der Waals surface area contributed by atoms with Crippen LogP contribution in [0.25, 0.3) is 0 Å². The SMILES string of the molecule is O=[N+]([O-])c1ccc(C(CN2CCNCC2)N2CCCCC2)cc1. The lowest BCUT2D eigenvalue weighted by molar-refractivity contribution is -0.384. The molecule has 0 aromatic heterocycles. The molecule has 0 saturated carbocycles. The first-order chi connectivity index (χ1) is 11.2. The van der Waals surface area contributed by atoms with Crippen molar-refractivity contribution in [3.05, 3.63) is 39.9 Å². The normalized spacial score (nSPS) is 21.9. The summed E-state index contributed by atoms with van der Waals surface area (Å²) in [5.74, 6) is 0. The fraction of sp³-hybridized carbons (Fsp3) is 0.647. The van der Waals surface area contributed by atoms with Gasteiger partial charge in [0.1, 0.15) is 0 Å². The van der Waals surface area contributed by atoms with E-state index in [9.17, 15) is 10.1 Å². The molecule has 2 aliphatic heterocycles. The van der Waals surface area contributed by atoms with Gasteiger partial charge in [0, 0.05) is 50.9 Å². The molecule has 2 saturated heterocycles. The monoisotopic (exact) mass is 318 g/mol. The van der Waals surface area contributed by atoms with Gasteiger partial charge in [-0.3, -0.25) is 19.9 Å². The number of hydrogen-bond acceptors (Lipinski definition) is 5. The van der Waals surface area contributed by atoms with E-state index in [0.717, 1.165) is 45.8 Å². The molecule has 1 atom stereocenters. The van der Waals surface area contributed by atoms with E-state index in [-0.39, 0.29) is 10.6 Å². The molecule has 6 nitrogen and oxygen atoms in total. The van der Waals surface area contributed by atoms with E-state index in [2.05, 4.69) is 15.1 Å². The van der Waals surface area contributed by atoms with Crippen molar-refractivity contribution in [1.29, 1.82) is 0 Å². The van der Waals surface area contributed by atoms with Gasteiger partial charge in [-0.25, -0.2) is 0 Å². The van der Waals surface area contributed by atoms with Crippen molar-refractivity contribution in [2.45, 2.75) is 25.3 Å². The Bertz CT molecular complexity index is 508. The molecule has 0 aliphatic carbocycles. The van der Waals surface area contributed by atoms with Gasteiger partial charge in [-0.1, -0.05) is 18.6 Å². The van der Waals surface area contributed by atoms with Gasteiger partial charge < -0.3 is 5.32 Å². The standard InChI is InChI=1S/C17H26N4O2/c22-21(23)16-6-4-15(5-7-16)17(20-10-2-1-3-11-20)14-19-12-8-18-9-13-19/h4-7,17-18H,1-3,8-14H2. The van der Waals surface area contributed by atoms with Gasteiger partial charge in [-0.05, 0) is 31.5 Å². The molecule has 3 rings (SSSR count). The van der Waals surface area contributed by atoms with Crippen LogP contribution in [0.15, 0.2) is 24.3 Å². The van der Waals surface area contributed by atoms with Crippen molar-refractivity contribution in [3.63, 3.8) is 0 Å². The van der Waals surface area contributed by atoms with Crippen molar-refractivity contribution < 1.29 is 4.92 Å². The third kappa shape index (κ3) is 4.28. The smallest absolute Gasteiger partial charge is 0.269 e. The second-order valence-electron chi connectivity index (χ2n) is 6.51. The van der Waals surface area contributed by atoms with Crippen LogP contribution in [-0.4, -0.2) is 60.5 Å². The fourth-order valence-electron chi connectivity index (χ4n) is 3.62. The Labute approximate surface area is 137 Å². The maximum absolute atomic E-state index is 10.9. The number of nitro benzene ring substituents is 1. The molecule has 23 heavy (non-hydrogen) atoms. The van der Waals surface area contributed by atoms with E-state index in [0.29, 0.717) is 6.04 Å². The summed E-state index contributed by atoms with van der Waals surface area (Å²) in [6.07, 6.45) is 3.83. The number of nitro groups is 1. The second-order valence-corrected chi connectivity index (χ2v) is 6.51. The van der Waals surface area contributed by atoms with E-state index in [1.54, 1.807) is 12.1 Å². The van der Waals surface area contributed by atoms with Gasteiger partial charge in [-0.2, -0.15) is 0 Å². The van der Waals surface area contributed by atoms with Crippen LogP contribution in [0.4, 0.5) is 5.69 Å². The number of hydrogen-bond donors (Lipinski definition) is 1. The number of piperazine rings is 1. The van der Waals surface area contributed by atoms with Gasteiger partial charge in [0.25, 0.3) is 5.69 Å². The first kappa shape index (κ1) is 16.4. The zero-order valence-electron chi connectivity index (χ0n) is 13.6. The van der Waals surface area contributed by atoms with E-state index in [1.165, 1.54) is 24.8 Å². The Balaban J connectivity index is 1.76. The molecule has 1 unspecified atom stereocenters. The molecule has 1 N–H and O–H groups in total. The summed E-state index contributed by atoms with van der Waals surface area (Å²) in [5, 5.41) is 14.3. The van der Waals surface area contributed by atoms with Crippen LogP contribution >= 0.6 is 0 Å². The van der Waals surface area contributed by atoms with Crippen molar-refractivity contribution >= 4 is 5.69 Å². The third-order valence-electron chi connectivity index (χ3n) is 4.96. The summed E-state index contributed by atoms with van der Waals surface area (Å²) in [4.78, 5) is 15.6. The lowest BCUT2D eigenvalue weighted by Gasteiger charge is -2.39. The van der Waals surface area contributed by atoms with Crippen molar-refractivity contribution in [3.8, 4) is 0 Å². The Morgan fingerprint density at radius 1 is 1.04 bits per heavy atom. The molecule has 1 aromatic carbocycles. The molecular formula is C17H26N4O2. The number of likely N-dealkylation sites (tertiary alicyclic amines) is 1. The average molecular weight is 318 g/mol. The number of piperidine rings is 1. The number of benzene rings is 1. The predicted molar refractivity (Wildman–Crippen MR) is 90.6 cm³/mol. The molecule has 2 heterocycles. The molecule has 0 spiro atoms. The lowest BCUT2D eigenvalue weighted by atomic mass is 10.0. The molecule has 6 heteroatoms. The molecular weight excluding hydrogens is 292 g/mol. The second kappa shape index (κ2) is 7.86. The predicted octanol–water partition coefficient (Wildman–Crippen LogP) is 2.03. The van der Waals surface area contributed by atoms with Crippen LogP contribution in [-0.2, 0) is 0 Å². The molecule has 2 fully saturated rings. The third-order valence-corrected chi connectivity index (χ3v) is 4.96. The average Bonchev–Trinajstić information content (AvgIpc) is 2.61. The molecule has 0 radical (unpaired) electrons. The number of non-ortho nitro benzene ring substituents is 1. The van der Waals surface area contributed by atoms with Crippen LogP contribution in [0.5, 0.6) is 0 Å². The van der Waals surface area contributed by atoms with Crippen LogP contribution < -0.4 is 5.32 Å². The Morgan fingerprint density at radius 3 is 2.30 bits per heavy atom. The van der Waals surface area contributed by atoms with Crippen LogP contribution in [0, 0.1) is 10.1 Å². The molecule has 0 bridgehead atoms. The highest BCUT2D eigenvalue weighted by Gasteiger charge is 2.25. The molecule has 0 amide bonds. The van der Waals surface area contributed by atoms with E-state index in [1.807, 2.05) is 12.1 Å². The number of nitrogens with zero attached hydrogens (tertiary/aromatic N) is 3.